The molecule has 6 rings (SSSR count). The van der Waals surface area contributed by atoms with Crippen molar-refractivity contribution >= 4 is 44.8 Å². The van der Waals surface area contributed by atoms with Crippen LogP contribution in [0.5, 0.6) is 0 Å². The van der Waals surface area contributed by atoms with Crippen LogP contribution in [0, 0.1) is 5.92 Å². The minimum atomic E-state index is -0.361. The van der Waals surface area contributed by atoms with Gasteiger partial charge in [0, 0.05) is 65.0 Å². The van der Waals surface area contributed by atoms with Crippen molar-refractivity contribution in [2.45, 2.75) is 19.4 Å². The molecule has 2 N–H and O–H groups in total. The Bertz CT molecular complexity index is 1470. The average Bonchev–Trinajstić information content (AvgIpc) is 3.41. The molecule has 2 aromatic heterocycles. The number of benzene rings is 2. The third kappa shape index (κ3) is 2.56. The highest BCUT2D eigenvalue weighted by molar-refractivity contribution is 6.51. The van der Waals surface area contributed by atoms with Gasteiger partial charge in [-0.05, 0) is 30.9 Å². The molecule has 2 aliphatic heterocycles. The van der Waals surface area contributed by atoms with E-state index in [9.17, 15) is 14.7 Å². The molecule has 4 aromatic rings. The molecule has 0 saturated carbocycles. The zero-order valence-electron chi connectivity index (χ0n) is 17.8. The molecule has 6 heteroatoms. The molecule has 0 radical (unpaired) electrons. The molecule has 0 aliphatic carbocycles. The first kappa shape index (κ1) is 19.1. The first-order chi connectivity index (χ1) is 15.6. The fraction of sp³-hybridized carbons (Fsp3) is 0.231. The summed E-state index contributed by atoms with van der Waals surface area (Å²) < 4.78 is 4.24. The van der Waals surface area contributed by atoms with Crippen LogP contribution in [0.25, 0.3) is 33.0 Å². The number of carbonyl (C=O) groups is 2. The molecule has 2 amide bonds. The van der Waals surface area contributed by atoms with Gasteiger partial charge in [-0.1, -0.05) is 36.4 Å². The van der Waals surface area contributed by atoms with Crippen molar-refractivity contribution in [3.63, 3.8) is 0 Å². The zero-order valence-corrected chi connectivity index (χ0v) is 17.8. The number of aliphatic hydroxyl groups excluding tert-OH is 1. The summed E-state index contributed by atoms with van der Waals surface area (Å²) >= 11 is 0. The summed E-state index contributed by atoms with van der Waals surface area (Å²) in [6.07, 6.45) is 3.50. The van der Waals surface area contributed by atoms with Gasteiger partial charge >= 0.3 is 0 Å². The molecule has 0 unspecified atom stereocenters. The monoisotopic (exact) mass is 425 g/mol. The number of aliphatic hydroxyl groups is 1. The minimum absolute atomic E-state index is 0.112. The number of aryl methyl sites for hydroxylation is 2. The van der Waals surface area contributed by atoms with E-state index in [1.165, 1.54) is 0 Å². The number of amides is 2. The van der Waals surface area contributed by atoms with Crippen LogP contribution in [0.15, 0.2) is 54.7 Å². The molecule has 0 bridgehead atoms. The molecule has 0 fully saturated rings. The number of imide groups is 1. The minimum Gasteiger partial charge on any atom is -0.396 e. The third-order valence-electron chi connectivity index (χ3n) is 6.93. The maximum Gasteiger partial charge on any atom is 0.259 e. The van der Waals surface area contributed by atoms with Gasteiger partial charge in [-0.25, -0.2) is 0 Å². The van der Waals surface area contributed by atoms with Gasteiger partial charge in [0.2, 0.25) is 0 Å². The van der Waals surface area contributed by atoms with Gasteiger partial charge in [0.05, 0.1) is 11.1 Å². The maximum atomic E-state index is 13.2. The number of aromatic nitrogens is 2. The second kappa shape index (κ2) is 6.93. The van der Waals surface area contributed by atoms with Crippen LogP contribution in [-0.2, 0) is 29.6 Å². The van der Waals surface area contributed by atoms with Gasteiger partial charge in [-0.2, -0.15) is 0 Å². The van der Waals surface area contributed by atoms with Crippen LogP contribution >= 0.6 is 0 Å². The Hall–Kier alpha value is -3.64. The highest BCUT2D eigenvalue weighted by Crippen LogP contribution is 2.42. The number of para-hydroxylation sites is 2. The van der Waals surface area contributed by atoms with E-state index < -0.39 is 0 Å². The predicted octanol–water partition coefficient (Wildman–Crippen LogP) is 3.25. The summed E-state index contributed by atoms with van der Waals surface area (Å²) in [6.45, 7) is 0.898. The summed E-state index contributed by atoms with van der Waals surface area (Å²) in [7, 11) is 1.95. The first-order valence-electron chi connectivity index (χ1n) is 10.9. The lowest BCUT2D eigenvalue weighted by Crippen LogP contribution is -2.24. The summed E-state index contributed by atoms with van der Waals surface area (Å²) in [5, 5.41) is 14.3. The molecule has 1 atom stereocenters. The van der Waals surface area contributed by atoms with Crippen LogP contribution in [-0.4, -0.2) is 32.7 Å². The molecule has 6 nitrogen and oxygen atoms in total. The van der Waals surface area contributed by atoms with Gasteiger partial charge in [0.1, 0.15) is 0 Å². The second-order valence-electron chi connectivity index (χ2n) is 8.74. The second-order valence-corrected chi connectivity index (χ2v) is 8.74. The highest BCUT2D eigenvalue weighted by Gasteiger charge is 2.38. The Morgan fingerprint density at radius 1 is 0.969 bits per heavy atom. The number of nitrogens with zero attached hydrogens (tertiary/aromatic N) is 2. The summed E-state index contributed by atoms with van der Waals surface area (Å²) in [6, 6.07) is 16.0. The van der Waals surface area contributed by atoms with Crippen molar-refractivity contribution < 1.29 is 14.7 Å². The predicted molar refractivity (Wildman–Crippen MR) is 124 cm³/mol. The number of hydrogen-bond acceptors (Lipinski definition) is 3. The van der Waals surface area contributed by atoms with Crippen molar-refractivity contribution in [2.24, 2.45) is 13.0 Å². The molecule has 4 heterocycles. The summed E-state index contributed by atoms with van der Waals surface area (Å²) in [4.78, 5) is 26.4. The smallest absolute Gasteiger partial charge is 0.259 e. The van der Waals surface area contributed by atoms with Crippen molar-refractivity contribution in [3.8, 4) is 0 Å². The van der Waals surface area contributed by atoms with Crippen LogP contribution in [0.3, 0.4) is 0 Å². The molecular formula is C26H23N3O3. The lowest BCUT2D eigenvalue weighted by molar-refractivity contribution is -0.122. The summed E-state index contributed by atoms with van der Waals surface area (Å²) in [5.41, 5.74) is 5.54. The third-order valence-corrected chi connectivity index (χ3v) is 6.93. The number of carbonyl (C=O) groups excluding carboxylic acids is 2. The lowest BCUT2D eigenvalue weighted by Gasteiger charge is -2.24. The highest BCUT2D eigenvalue weighted by atomic mass is 16.3. The number of fused-ring (bicyclic) bond motifs is 4. The van der Waals surface area contributed by atoms with Gasteiger partial charge in [0.15, 0.2) is 0 Å². The van der Waals surface area contributed by atoms with Crippen molar-refractivity contribution in [1.29, 1.82) is 0 Å². The number of rotatable bonds is 3. The van der Waals surface area contributed by atoms with E-state index in [-0.39, 0.29) is 24.3 Å². The van der Waals surface area contributed by atoms with E-state index >= 15 is 0 Å². The Morgan fingerprint density at radius 2 is 1.66 bits per heavy atom. The normalized spacial score (nSPS) is 18.6. The van der Waals surface area contributed by atoms with E-state index in [1.807, 2.05) is 60.3 Å². The fourth-order valence-corrected chi connectivity index (χ4v) is 5.44. The van der Waals surface area contributed by atoms with Crippen LogP contribution in [0.4, 0.5) is 0 Å². The van der Waals surface area contributed by atoms with E-state index in [4.69, 9.17) is 0 Å². The average molecular weight is 425 g/mol. The summed E-state index contributed by atoms with van der Waals surface area (Å²) in [5.74, 6) is -0.574. The van der Waals surface area contributed by atoms with Crippen LogP contribution in [0.1, 0.15) is 23.2 Å². The van der Waals surface area contributed by atoms with Crippen molar-refractivity contribution in [3.05, 3.63) is 71.5 Å². The topological polar surface area (TPSA) is 76.3 Å². The lowest BCUT2D eigenvalue weighted by atomic mass is 9.89. The maximum absolute atomic E-state index is 13.2. The molecule has 0 spiro atoms. The number of nitrogens with one attached hydrogen (secondary N) is 1. The van der Waals surface area contributed by atoms with E-state index in [0.29, 0.717) is 17.6 Å². The quantitative estimate of drug-likeness (QED) is 0.495. The van der Waals surface area contributed by atoms with E-state index in [2.05, 4.69) is 16.0 Å². The molecule has 2 aliphatic rings. The van der Waals surface area contributed by atoms with Crippen LogP contribution in [0.2, 0.25) is 0 Å². The largest absolute Gasteiger partial charge is 0.396 e. The molecule has 2 aromatic carbocycles. The number of hydrogen-bond donors (Lipinski definition) is 2. The van der Waals surface area contributed by atoms with Gasteiger partial charge in [-0.3, -0.25) is 14.9 Å². The van der Waals surface area contributed by atoms with Gasteiger partial charge in [0.25, 0.3) is 11.8 Å². The molecule has 32 heavy (non-hydrogen) atoms. The molecule has 0 saturated heterocycles. The molecule has 160 valence electrons. The SMILES string of the molecule is Cn1cc(C2=C(c3c4n(c5ccccc35)CC[C@@H](CO)C4)C(=O)NC2=O)c2ccccc21. The standard InChI is InChI=1S/C26H23N3O3/c1-28-13-18(16-6-2-4-8-19(16)28)23-24(26(32)27-25(23)31)22-17-7-3-5-9-20(17)29-11-10-15(14-30)12-21(22)29/h2-9,13,15,30H,10-12,14H2,1H3,(H,27,31,32)/t15-/m1/s1. The Morgan fingerprint density at radius 3 is 2.44 bits per heavy atom. The Kier molecular flexibility index (Phi) is 4.13. The van der Waals surface area contributed by atoms with Crippen molar-refractivity contribution in [2.75, 3.05) is 6.61 Å². The first-order valence-corrected chi connectivity index (χ1v) is 10.9. The van der Waals surface area contributed by atoms with E-state index in [1.54, 1.807) is 0 Å². The Labute approximate surface area is 184 Å². The molecular weight excluding hydrogens is 402 g/mol. The van der Waals surface area contributed by atoms with Crippen LogP contribution < -0.4 is 5.32 Å². The van der Waals surface area contributed by atoms with Gasteiger partial charge in [-0.15, -0.1) is 0 Å². The fourth-order valence-electron chi connectivity index (χ4n) is 5.44. The van der Waals surface area contributed by atoms with Gasteiger partial charge < -0.3 is 14.2 Å². The van der Waals surface area contributed by atoms with Crippen molar-refractivity contribution in [1.82, 2.24) is 14.5 Å². The van der Waals surface area contributed by atoms with E-state index in [0.717, 1.165) is 51.6 Å². The zero-order chi connectivity index (χ0) is 22.0. The Balaban J connectivity index is 1.71.